The van der Waals surface area contributed by atoms with Gasteiger partial charge in [-0.25, -0.2) is 4.39 Å². The number of Topliss-reactive ketones (excluding diaryl/α,β-unsaturated/α-hetero) is 1. The zero-order chi connectivity index (χ0) is 19.7. The van der Waals surface area contributed by atoms with Gasteiger partial charge in [-0.2, -0.15) is 0 Å². The highest BCUT2D eigenvalue weighted by atomic mass is 19.1. The number of hydrogen-bond acceptors (Lipinski definition) is 4. The van der Waals surface area contributed by atoms with Crippen molar-refractivity contribution >= 4 is 17.4 Å². The monoisotopic (exact) mass is 381 g/mol. The SMILES string of the molecule is Cc1ccc2c(c1)C(=O)C(=O)N2CCN1CCN(Cc2cccc(F)c2)CC1. The molecule has 1 saturated heterocycles. The van der Waals surface area contributed by atoms with Gasteiger partial charge in [-0.15, -0.1) is 0 Å². The summed E-state index contributed by atoms with van der Waals surface area (Å²) in [6.45, 7) is 7.52. The molecule has 0 N–H and O–H groups in total. The number of ketones is 1. The van der Waals surface area contributed by atoms with Crippen LogP contribution in [0, 0.1) is 12.7 Å². The Labute approximate surface area is 164 Å². The Kier molecular flexibility index (Phi) is 5.24. The van der Waals surface area contributed by atoms with Gasteiger partial charge in [0.1, 0.15) is 5.82 Å². The van der Waals surface area contributed by atoms with Crippen LogP contribution in [-0.4, -0.2) is 60.8 Å². The molecular formula is C22H24FN3O2. The molecule has 2 aromatic rings. The molecule has 0 saturated carbocycles. The van der Waals surface area contributed by atoms with Gasteiger partial charge in [0.05, 0.1) is 11.3 Å². The third-order valence-corrected chi connectivity index (χ3v) is 5.53. The second-order valence-electron chi connectivity index (χ2n) is 7.55. The molecule has 0 radical (unpaired) electrons. The summed E-state index contributed by atoms with van der Waals surface area (Å²) >= 11 is 0. The van der Waals surface area contributed by atoms with Crippen LogP contribution < -0.4 is 4.90 Å². The van der Waals surface area contributed by atoms with Crippen molar-refractivity contribution in [3.63, 3.8) is 0 Å². The van der Waals surface area contributed by atoms with E-state index in [1.54, 1.807) is 23.1 Å². The first-order valence-corrected chi connectivity index (χ1v) is 9.67. The molecule has 4 rings (SSSR count). The smallest absolute Gasteiger partial charge is 0.299 e. The van der Waals surface area contributed by atoms with Crippen LogP contribution >= 0.6 is 0 Å². The Hall–Kier alpha value is -2.57. The van der Waals surface area contributed by atoms with E-state index in [0.29, 0.717) is 12.1 Å². The summed E-state index contributed by atoms with van der Waals surface area (Å²) in [4.78, 5) is 30.8. The maximum atomic E-state index is 13.3. The Morgan fingerprint density at radius 2 is 1.68 bits per heavy atom. The average Bonchev–Trinajstić information content (AvgIpc) is 2.91. The molecule has 1 fully saturated rings. The van der Waals surface area contributed by atoms with E-state index in [2.05, 4.69) is 9.80 Å². The van der Waals surface area contributed by atoms with E-state index in [0.717, 1.165) is 56.1 Å². The highest BCUT2D eigenvalue weighted by molar-refractivity contribution is 6.52. The number of hydrogen-bond donors (Lipinski definition) is 0. The lowest BCUT2D eigenvalue weighted by atomic mass is 10.1. The summed E-state index contributed by atoms with van der Waals surface area (Å²) in [6.07, 6.45) is 0. The van der Waals surface area contributed by atoms with Crippen LogP contribution in [0.4, 0.5) is 10.1 Å². The number of rotatable bonds is 5. The summed E-state index contributed by atoms with van der Waals surface area (Å²) in [5.74, 6) is -1.03. The number of amides is 1. The van der Waals surface area contributed by atoms with E-state index >= 15 is 0 Å². The first-order chi connectivity index (χ1) is 13.5. The summed E-state index contributed by atoms with van der Waals surface area (Å²) in [6, 6.07) is 12.3. The van der Waals surface area contributed by atoms with Gasteiger partial charge in [-0.3, -0.25) is 19.4 Å². The molecule has 0 spiro atoms. The summed E-state index contributed by atoms with van der Waals surface area (Å²) in [5, 5.41) is 0. The van der Waals surface area contributed by atoms with Crippen molar-refractivity contribution < 1.29 is 14.0 Å². The Balaban J connectivity index is 1.30. The van der Waals surface area contributed by atoms with Crippen molar-refractivity contribution in [2.75, 3.05) is 44.2 Å². The zero-order valence-corrected chi connectivity index (χ0v) is 16.0. The third kappa shape index (κ3) is 3.84. The van der Waals surface area contributed by atoms with Crippen molar-refractivity contribution in [1.82, 2.24) is 9.80 Å². The molecule has 2 aliphatic rings. The van der Waals surface area contributed by atoms with Gasteiger partial charge >= 0.3 is 0 Å². The topological polar surface area (TPSA) is 43.9 Å². The third-order valence-electron chi connectivity index (χ3n) is 5.53. The number of aryl methyl sites for hydroxylation is 1. The normalized spacial score (nSPS) is 18.0. The summed E-state index contributed by atoms with van der Waals surface area (Å²) in [7, 11) is 0. The minimum Gasteiger partial charge on any atom is -0.303 e. The van der Waals surface area contributed by atoms with Crippen LogP contribution in [0.1, 0.15) is 21.5 Å². The molecule has 2 aromatic carbocycles. The van der Waals surface area contributed by atoms with Gasteiger partial charge in [0.2, 0.25) is 0 Å². The van der Waals surface area contributed by atoms with Gasteiger partial charge < -0.3 is 4.90 Å². The Bertz CT molecular complexity index is 906. The van der Waals surface area contributed by atoms with E-state index in [1.165, 1.54) is 6.07 Å². The second-order valence-corrected chi connectivity index (χ2v) is 7.55. The Morgan fingerprint density at radius 3 is 2.43 bits per heavy atom. The van der Waals surface area contributed by atoms with Crippen molar-refractivity contribution in [3.05, 3.63) is 65.0 Å². The molecule has 0 aliphatic carbocycles. The predicted octanol–water partition coefficient (Wildman–Crippen LogP) is 2.48. The predicted molar refractivity (Wildman–Crippen MR) is 106 cm³/mol. The minimum absolute atomic E-state index is 0.198. The zero-order valence-electron chi connectivity index (χ0n) is 16.0. The first kappa shape index (κ1) is 18.8. The van der Waals surface area contributed by atoms with Gasteiger partial charge in [0, 0.05) is 45.8 Å². The van der Waals surface area contributed by atoms with Crippen LogP contribution in [0.3, 0.4) is 0 Å². The highest BCUT2D eigenvalue weighted by Gasteiger charge is 2.35. The number of piperazine rings is 1. The fraction of sp³-hybridized carbons (Fsp3) is 0.364. The number of carbonyl (C=O) groups is 2. The molecule has 2 heterocycles. The largest absolute Gasteiger partial charge is 0.303 e. The summed E-state index contributed by atoms with van der Waals surface area (Å²) in [5.41, 5.74) is 3.22. The maximum absolute atomic E-state index is 13.3. The van der Waals surface area contributed by atoms with Crippen LogP contribution in [-0.2, 0) is 11.3 Å². The van der Waals surface area contributed by atoms with Gasteiger partial charge in [-0.1, -0.05) is 23.8 Å². The number of anilines is 1. The second kappa shape index (κ2) is 7.81. The number of fused-ring (bicyclic) bond motifs is 1. The van der Waals surface area contributed by atoms with Crippen LogP contribution in [0.15, 0.2) is 42.5 Å². The Morgan fingerprint density at radius 1 is 0.929 bits per heavy atom. The first-order valence-electron chi connectivity index (χ1n) is 9.67. The van der Waals surface area contributed by atoms with Crippen LogP contribution in [0.5, 0.6) is 0 Å². The van der Waals surface area contributed by atoms with Crippen molar-refractivity contribution in [2.24, 2.45) is 0 Å². The lowest BCUT2D eigenvalue weighted by Gasteiger charge is -2.35. The standard InChI is InChI=1S/C22H24FN3O2/c1-16-5-6-20-19(13-16)21(27)22(28)26(20)12-11-24-7-9-25(10-8-24)15-17-3-2-4-18(23)14-17/h2-6,13-14H,7-12,15H2,1H3. The highest BCUT2D eigenvalue weighted by Crippen LogP contribution is 2.29. The fourth-order valence-electron chi connectivity index (χ4n) is 3.94. The van der Waals surface area contributed by atoms with E-state index in [1.807, 2.05) is 25.1 Å². The van der Waals surface area contributed by atoms with Crippen LogP contribution in [0.2, 0.25) is 0 Å². The molecule has 0 atom stereocenters. The number of carbonyl (C=O) groups excluding carboxylic acids is 2. The quantitative estimate of drug-likeness (QED) is 0.747. The van der Waals surface area contributed by atoms with E-state index in [4.69, 9.17) is 0 Å². The van der Waals surface area contributed by atoms with E-state index in [-0.39, 0.29) is 5.82 Å². The van der Waals surface area contributed by atoms with Crippen molar-refractivity contribution in [2.45, 2.75) is 13.5 Å². The van der Waals surface area contributed by atoms with Crippen LogP contribution in [0.25, 0.3) is 0 Å². The number of halogens is 1. The lowest BCUT2D eigenvalue weighted by molar-refractivity contribution is -0.114. The van der Waals surface area contributed by atoms with Crippen molar-refractivity contribution in [3.8, 4) is 0 Å². The van der Waals surface area contributed by atoms with Gasteiger partial charge in [-0.05, 0) is 36.8 Å². The molecule has 28 heavy (non-hydrogen) atoms. The fourth-order valence-corrected chi connectivity index (χ4v) is 3.94. The van der Waals surface area contributed by atoms with E-state index < -0.39 is 11.7 Å². The molecule has 146 valence electrons. The van der Waals surface area contributed by atoms with Crippen molar-refractivity contribution in [1.29, 1.82) is 0 Å². The average molecular weight is 381 g/mol. The molecule has 1 amide bonds. The molecule has 6 heteroatoms. The molecule has 5 nitrogen and oxygen atoms in total. The molecule has 0 bridgehead atoms. The van der Waals surface area contributed by atoms with Gasteiger partial charge in [0.25, 0.3) is 11.7 Å². The summed E-state index contributed by atoms with van der Waals surface area (Å²) < 4.78 is 13.3. The minimum atomic E-state index is -0.426. The maximum Gasteiger partial charge on any atom is 0.299 e. The molecular weight excluding hydrogens is 357 g/mol. The number of nitrogens with zero attached hydrogens (tertiary/aromatic N) is 3. The number of benzene rings is 2. The molecule has 0 unspecified atom stereocenters. The van der Waals surface area contributed by atoms with E-state index in [9.17, 15) is 14.0 Å². The van der Waals surface area contributed by atoms with Gasteiger partial charge in [0.15, 0.2) is 0 Å². The molecule has 0 aromatic heterocycles. The lowest BCUT2D eigenvalue weighted by Crippen LogP contribution is -2.48. The molecule has 2 aliphatic heterocycles.